The van der Waals surface area contributed by atoms with Crippen molar-refractivity contribution in [2.24, 2.45) is 0 Å². The normalized spacial score (nSPS) is 10.9. The van der Waals surface area contributed by atoms with Gasteiger partial charge in [0.25, 0.3) is 0 Å². The Morgan fingerprint density at radius 3 is 3.00 bits per heavy atom. The molecular weight excluding hydrogens is 218 g/mol. The van der Waals surface area contributed by atoms with Crippen LogP contribution in [0.4, 0.5) is 0 Å². The first-order valence-corrected chi connectivity index (χ1v) is 6.16. The van der Waals surface area contributed by atoms with E-state index in [0.717, 1.165) is 39.3 Å². The molecule has 0 unspecified atom stereocenters. The first kappa shape index (κ1) is 14.2. The predicted octanol–water partition coefficient (Wildman–Crippen LogP) is 1.05. The van der Waals surface area contributed by atoms with Gasteiger partial charge >= 0.3 is 0 Å². The summed E-state index contributed by atoms with van der Waals surface area (Å²) in [6.45, 7) is 6.94. The molecule has 0 atom stereocenters. The topological polar surface area (TPSA) is 48.3 Å². The summed E-state index contributed by atoms with van der Waals surface area (Å²) in [7, 11) is 1.71. The quantitative estimate of drug-likeness (QED) is 0.622. The molecule has 0 spiro atoms. The molecule has 98 valence electrons. The van der Waals surface area contributed by atoms with E-state index in [4.69, 9.17) is 9.47 Å². The minimum absolute atomic E-state index is 0.699. The molecule has 5 heteroatoms. The van der Waals surface area contributed by atoms with Gasteiger partial charge < -0.3 is 14.8 Å². The SMILES string of the molecule is CCNCc1ccnn1CCOCCCOC. The third-order valence-corrected chi connectivity index (χ3v) is 2.45. The fourth-order valence-corrected chi connectivity index (χ4v) is 1.52. The van der Waals surface area contributed by atoms with Gasteiger partial charge in [-0.15, -0.1) is 0 Å². The van der Waals surface area contributed by atoms with Crippen molar-refractivity contribution in [3.8, 4) is 0 Å². The van der Waals surface area contributed by atoms with Gasteiger partial charge in [0.2, 0.25) is 0 Å². The van der Waals surface area contributed by atoms with Crippen LogP contribution < -0.4 is 5.32 Å². The summed E-state index contributed by atoms with van der Waals surface area (Å²) in [5.74, 6) is 0. The maximum absolute atomic E-state index is 5.51. The fourth-order valence-electron chi connectivity index (χ4n) is 1.52. The summed E-state index contributed by atoms with van der Waals surface area (Å²) in [6.07, 6.45) is 2.78. The summed E-state index contributed by atoms with van der Waals surface area (Å²) in [5.41, 5.74) is 1.20. The standard InChI is InChI=1S/C12H23N3O2/c1-3-13-11-12-5-6-14-15(12)7-10-17-9-4-8-16-2/h5-6,13H,3-4,7-11H2,1-2H3. The Bertz CT molecular complexity index is 289. The predicted molar refractivity (Wildman–Crippen MR) is 66.9 cm³/mol. The maximum atomic E-state index is 5.51. The van der Waals surface area contributed by atoms with Crippen LogP contribution in [-0.4, -0.2) is 43.3 Å². The first-order valence-electron chi connectivity index (χ1n) is 6.16. The number of methoxy groups -OCH3 is 1. The summed E-state index contributed by atoms with van der Waals surface area (Å²) in [4.78, 5) is 0. The number of ether oxygens (including phenoxy) is 2. The lowest BCUT2D eigenvalue weighted by atomic mass is 10.4. The minimum Gasteiger partial charge on any atom is -0.385 e. The third-order valence-electron chi connectivity index (χ3n) is 2.45. The van der Waals surface area contributed by atoms with E-state index in [1.54, 1.807) is 7.11 Å². The van der Waals surface area contributed by atoms with Gasteiger partial charge in [0.1, 0.15) is 0 Å². The van der Waals surface area contributed by atoms with Gasteiger partial charge in [-0.2, -0.15) is 5.10 Å². The number of rotatable bonds is 10. The Hall–Kier alpha value is -0.910. The van der Waals surface area contributed by atoms with Crippen LogP contribution in [0.5, 0.6) is 0 Å². The van der Waals surface area contributed by atoms with Crippen molar-refractivity contribution in [3.05, 3.63) is 18.0 Å². The van der Waals surface area contributed by atoms with Crippen LogP contribution in [0.3, 0.4) is 0 Å². The van der Waals surface area contributed by atoms with Gasteiger partial charge in [0.15, 0.2) is 0 Å². The molecule has 0 radical (unpaired) electrons. The van der Waals surface area contributed by atoms with Crippen LogP contribution >= 0.6 is 0 Å². The molecule has 0 aliphatic rings. The second-order valence-corrected chi connectivity index (χ2v) is 3.78. The maximum Gasteiger partial charge on any atom is 0.0662 e. The van der Waals surface area contributed by atoms with Crippen molar-refractivity contribution in [3.63, 3.8) is 0 Å². The van der Waals surface area contributed by atoms with E-state index >= 15 is 0 Å². The molecule has 0 aliphatic heterocycles. The molecule has 1 aromatic rings. The molecule has 0 aromatic carbocycles. The smallest absolute Gasteiger partial charge is 0.0662 e. The van der Waals surface area contributed by atoms with E-state index in [1.807, 2.05) is 16.9 Å². The molecular formula is C12H23N3O2. The van der Waals surface area contributed by atoms with Gasteiger partial charge in [0, 0.05) is 33.1 Å². The molecule has 5 nitrogen and oxygen atoms in total. The average Bonchev–Trinajstić information content (AvgIpc) is 2.78. The molecule has 1 aromatic heterocycles. The van der Waals surface area contributed by atoms with Gasteiger partial charge in [-0.3, -0.25) is 4.68 Å². The van der Waals surface area contributed by atoms with Crippen LogP contribution in [0.1, 0.15) is 19.0 Å². The van der Waals surface area contributed by atoms with Crippen molar-refractivity contribution in [2.75, 3.05) is 33.5 Å². The zero-order valence-corrected chi connectivity index (χ0v) is 10.8. The lowest BCUT2D eigenvalue weighted by Crippen LogP contribution is -2.18. The highest BCUT2D eigenvalue weighted by atomic mass is 16.5. The van der Waals surface area contributed by atoms with Crippen LogP contribution in [-0.2, 0) is 22.6 Å². The highest BCUT2D eigenvalue weighted by Gasteiger charge is 2.01. The van der Waals surface area contributed by atoms with Crippen molar-refractivity contribution in [1.82, 2.24) is 15.1 Å². The second-order valence-electron chi connectivity index (χ2n) is 3.78. The Labute approximate surface area is 103 Å². The third kappa shape index (κ3) is 5.81. The van der Waals surface area contributed by atoms with E-state index in [1.165, 1.54) is 5.69 Å². The molecule has 0 bridgehead atoms. The van der Waals surface area contributed by atoms with Crippen LogP contribution in [0, 0.1) is 0 Å². The van der Waals surface area contributed by atoms with Crippen molar-refractivity contribution >= 4 is 0 Å². The highest BCUT2D eigenvalue weighted by Crippen LogP contribution is 1.98. The van der Waals surface area contributed by atoms with Gasteiger partial charge in [0.05, 0.1) is 18.8 Å². The highest BCUT2D eigenvalue weighted by molar-refractivity contribution is 4.99. The Balaban J connectivity index is 2.15. The molecule has 0 amide bonds. The summed E-state index contributed by atoms with van der Waals surface area (Å²) >= 11 is 0. The molecule has 0 fully saturated rings. The van der Waals surface area contributed by atoms with E-state index in [0.29, 0.717) is 6.61 Å². The first-order chi connectivity index (χ1) is 8.38. The second kappa shape index (κ2) is 9.15. The van der Waals surface area contributed by atoms with Gasteiger partial charge in [-0.05, 0) is 19.0 Å². The summed E-state index contributed by atoms with van der Waals surface area (Å²) in [5, 5.41) is 7.57. The van der Waals surface area contributed by atoms with E-state index in [-0.39, 0.29) is 0 Å². The number of aromatic nitrogens is 2. The zero-order valence-electron chi connectivity index (χ0n) is 10.8. The summed E-state index contributed by atoms with van der Waals surface area (Å²) in [6, 6.07) is 2.04. The molecule has 1 rings (SSSR count). The number of hydrogen-bond acceptors (Lipinski definition) is 4. The molecule has 1 N–H and O–H groups in total. The van der Waals surface area contributed by atoms with Crippen molar-refractivity contribution in [2.45, 2.75) is 26.4 Å². The lowest BCUT2D eigenvalue weighted by molar-refractivity contribution is 0.0956. The number of nitrogens with zero attached hydrogens (tertiary/aromatic N) is 2. The van der Waals surface area contributed by atoms with Crippen molar-refractivity contribution in [1.29, 1.82) is 0 Å². The Morgan fingerprint density at radius 1 is 1.35 bits per heavy atom. The van der Waals surface area contributed by atoms with E-state index < -0.39 is 0 Å². The van der Waals surface area contributed by atoms with Crippen LogP contribution in [0.25, 0.3) is 0 Å². The van der Waals surface area contributed by atoms with Crippen molar-refractivity contribution < 1.29 is 9.47 Å². The average molecular weight is 241 g/mol. The fraction of sp³-hybridized carbons (Fsp3) is 0.750. The zero-order chi connectivity index (χ0) is 12.3. The molecule has 0 saturated heterocycles. The van der Waals surface area contributed by atoms with Crippen LogP contribution in [0.15, 0.2) is 12.3 Å². The number of hydrogen-bond donors (Lipinski definition) is 1. The van der Waals surface area contributed by atoms with E-state index in [9.17, 15) is 0 Å². The monoisotopic (exact) mass is 241 g/mol. The Kier molecular flexibility index (Phi) is 7.62. The number of nitrogens with one attached hydrogen (secondary N) is 1. The largest absolute Gasteiger partial charge is 0.385 e. The lowest BCUT2D eigenvalue weighted by Gasteiger charge is -2.08. The van der Waals surface area contributed by atoms with Gasteiger partial charge in [-0.25, -0.2) is 0 Å². The van der Waals surface area contributed by atoms with Gasteiger partial charge in [-0.1, -0.05) is 6.92 Å². The Morgan fingerprint density at radius 2 is 2.24 bits per heavy atom. The summed E-state index contributed by atoms with van der Waals surface area (Å²) < 4.78 is 12.4. The molecule has 0 saturated carbocycles. The van der Waals surface area contributed by atoms with Crippen LogP contribution in [0.2, 0.25) is 0 Å². The molecule has 1 heterocycles. The molecule has 0 aliphatic carbocycles. The minimum atomic E-state index is 0.699. The van der Waals surface area contributed by atoms with E-state index in [2.05, 4.69) is 17.3 Å². The molecule has 17 heavy (non-hydrogen) atoms.